The highest BCUT2D eigenvalue weighted by molar-refractivity contribution is 7.81. The molecule has 2 aliphatic rings. The number of fused-ring (bicyclic) bond motifs is 1. The van der Waals surface area contributed by atoms with Gasteiger partial charge in [-0.15, -0.1) is 0 Å². The van der Waals surface area contributed by atoms with Gasteiger partial charge in [0.2, 0.25) is 0 Å². The number of hydrogen-bond donors (Lipinski definition) is 2. The predicted octanol–water partition coefficient (Wildman–Crippen LogP) is 5.81. The molecule has 8 heteroatoms. The summed E-state index contributed by atoms with van der Waals surface area (Å²) in [6, 6.07) is 14.2. The fraction of sp³-hybridized carbons (Fsp3) is 0.200. The summed E-state index contributed by atoms with van der Waals surface area (Å²) in [6.07, 6.45) is -0.500. The highest BCUT2D eigenvalue weighted by Crippen LogP contribution is 2.45. The number of oxazole rings is 1. The highest BCUT2D eigenvalue weighted by Gasteiger charge is 2.38. The number of alkyl halides is 3. The fourth-order valence-corrected chi connectivity index (χ4v) is 2.16. The molecule has 0 bridgehead atoms. The molecule has 0 spiro atoms. The van der Waals surface area contributed by atoms with E-state index in [1.165, 1.54) is 12.5 Å². The summed E-state index contributed by atoms with van der Waals surface area (Å²) in [6.45, 7) is 1.78. The SMILES string of the molecule is CCC(S)C(=O)O.FC(F)(F)c1cc2ccc1-2.c1ccc(-c2cocn2)cc1. The first-order valence-corrected chi connectivity index (χ1v) is 8.81. The zero-order valence-electron chi connectivity index (χ0n) is 14.8. The normalized spacial score (nSPS) is 12.0. The van der Waals surface area contributed by atoms with Gasteiger partial charge in [0.05, 0.1) is 10.8 Å². The third-order valence-corrected chi connectivity index (χ3v) is 4.40. The summed E-state index contributed by atoms with van der Waals surface area (Å²) in [5, 5.41) is 7.62. The number of carbonyl (C=O) groups is 1. The Balaban J connectivity index is 0.000000155. The number of benzene rings is 2. The number of aromatic nitrogens is 1. The maximum atomic E-state index is 11.8. The molecule has 28 heavy (non-hydrogen) atoms. The van der Waals surface area contributed by atoms with Crippen LogP contribution < -0.4 is 0 Å². The van der Waals surface area contributed by atoms with Gasteiger partial charge >= 0.3 is 12.1 Å². The van der Waals surface area contributed by atoms with Crippen molar-refractivity contribution in [3.63, 3.8) is 0 Å². The Morgan fingerprint density at radius 3 is 2.14 bits per heavy atom. The number of carboxylic acid groups (broad SMARTS) is 1. The standard InChI is InChI=1S/C9H7NO.C7H3F3.C4H8O2S/c1-2-4-8(5-3-1)9-6-11-7-10-9;8-7(9,10)6-3-4-1-2-5(4)6;1-2-3(7)4(5)6/h1-7H;1-3H;3,7H,2H2,1H3,(H,5,6). The second-order valence-electron chi connectivity index (χ2n) is 5.76. The molecule has 1 heterocycles. The lowest BCUT2D eigenvalue weighted by atomic mass is 9.86. The minimum absolute atomic E-state index is 0.368. The van der Waals surface area contributed by atoms with Crippen LogP contribution >= 0.6 is 12.6 Å². The molecule has 1 aromatic heterocycles. The van der Waals surface area contributed by atoms with Gasteiger partial charge < -0.3 is 9.52 Å². The van der Waals surface area contributed by atoms with E-state index in [1.807, 2.05) is 30.3 Å². The van der Waals surface area contributed by atoms with Gasteiger partial charge in [-0.2, -0.15) is 25.8 Å². The van der Waals surface area contributed by atoms with E-state index >= 15 is 0 Å². The zero-order valence-corrected chi connectivity index (χ0v) is 15.7. The first-order valence-electron chi connectivity index (χ1n) is 8.30. The summed E-state index contributed by atoms with van der Waals surface area (Å²) < 4.78 is 40.3. The van der Waals surface area contributed by atoms with Crippen LogP contribution in [0.3, 0.4) is 0 Å². The van der Waals surface area contributed by atoms with Crippen LogP contribution in [0.1, 0.15) is 18.9 Å². The lowest BCUT2D eigenvalue weighted by Crippen LogP contribution is -2.12. The fourth-order valence-electron chi connectivity index (χ4n) is 2.16. The Hall–Kier alpha value is -2.74. The zero-order chi connectivity index (χ0) is 20.7. The Morgan fingerprint density at radius 2 is 1.86 bits per heavy atom. The van der Waals surface area contributed by atoms with Crippen molar-refractivity contribution in [2.24, 2.45) is 0 Å². The first kappa shape index (κ1) is 21.6. The van der Waals surface area contributed by atoms with Crippen LogP contribution in [-0.4, -0.2) is 21.3 Å². The molecule has 4 rings (SSSR count). The maximum Gasteiger partial charge on any atom is 0.417 e. The van der Waals surface area contributed by atoms with Crippen molar-refractivity contribution in [3.05, 3.63) is 66.8 Å². The summed E-state index contributed by atoms with van der Waals surface area (Å²) in [5.74, 6) is -0.842. The van der Waals surface area contributed by atoms with Crippen LogP contribution in [0.5, 0.6) is 0 Å². The van der Waals surface area contributed by atoms with Crippen LogP contribution in [0.2, 0.25) is 0 Å². The van der Waals surface area contributed by atoms with Crippen LogP contribution in [0, 0.1) is 0 Å². The molecule has 1 N–H and O–H groups in total. The Morgan fingerprint density at radius 1 is 1.18 bits per heavy atom. The van der Waals surface area contributed by atoms with E-state index in [-0.39, 0.29) is 0 Å². The largest absolute Gasteiger partial charge is 0.480 e. The van der Waals surface area contributed by atoms with Crippen molar-refractivity contribution in [1.29, 1.82) is 0 Å². The molecule has 0 saturated carbocycles. The number of hydrogen-bond acceptors (Lipinski definition) is 4. The summed E-state index contributed by atoms with van der Waals surface area (Å²) in [5.41, 5.74) is 2.58. The van der Waals surface area contributed by atoms with Crippen molar-refractivity contribution in [1.82, 2.24) is 4.98 Å². The van der Waals surface area contributed by atoms with E-state index < -0.39 is 23.0 Å². The number of halogens is 3. The maximum absolute atomic E-state index is 11.8. The lowest BCUT2D eigenvalue weighted by Gasteiger charge is -2.22. The van der Waals surface area contributed by atoms with E-state index in [0.717, 1.165) is 22.9 Å². The molecule has 0 amide bonds. The van der Waals surface area contributed by atoms with Crippen LogP contribution in [0.15, 0.2) is 65.6 Å². The Labute approximate surface area is 165 Å². The average Bonchev–Trinajstić information content (AvgIpc) is 3.19. The molecular formula is C20H18F3NO3S. The van der Waals surface area contributed by atoms with Gasteiger partial charge in [0, 0.05) is 5.56 Å². The third-order valence-electron chi connectivity index (χ3n) is 3.81. The molecule has 0 fully saturated rings. The highest BCUT2D eigenvalue weighted by atomic mass is 32.1. The molecule has 0 aliphatic heterocycles. The minimum atomic E-state index is -4.15. The second-order valence-corrected chi connectivity index (χ2v) is 6.38. The van der Waals surface area contributed by atoms with Gasteiger partial charge in [0.25, 0.3) is 0 Å². The van der Waals surface area contributed by atoms with Gasteiger partial charge in [-0.3, -0.25) is 4.79 Å². The number of nitrogens with zero attached hydrogens (tertiary/aromatic N) is 1. The van der Waals surface area contributed by atoms with E-state index in [1.54, 1.807) is 19.3 Å². The molecule has 4 nitrogen and oxygen atoms in total. The van der Waals surface area contributed by atoms with Crippen molar-refractivity contribution in [2.75, 3.05) is 0 Å². The lowest BCUT2D eigenvalue weighted by molar-refractivity contribution is -0.138. The van der Waals surface area contributed by atoms with Gasteiger partial charge in [0.1, 0.15) is 12.0 Å². The molecular weight excluding hydrogens is 391 g/mol. The molecule has 2 aromatic rings. The summed E-state index contributed by atoms with van der Waals surface area (Å²) in [4.78, 5) is 13.9. The molecule has 0 saturated heterocycles. The van der Waals surface area contributed by atoms with Crippen LogP contribution in [-0.2, 0) is 11.0 Å². The van der Waals surface area contributed by atoms with Gasteiger partial charge in [-0.05, 0) is 23.6 Å². The van der Waals surface area contributed by atoms with Gasteiger partial charge in [-0.25, -0.2) is 4.98 Å². The quantitative estimate of drug-likeness (QED) is 0.419. The number of aliphatic carboxylic acids is 1. The molecule has 148 valence electrons. The Kier molecular flexibility index (Phi) is 7.28. The van der Waals surface area contributed by atoms with Crippen molar-refractivity contribution < 1.29 is 27.5 Å². The van der Waals surface area contributed by atoms with Crippen LogP contribution in [0.4, 0.5) is 13.2 Å². The van der Waals surface area contributed by atoms with Gasteiger partial charge in [0.15, 0.2) is 6.39 Å². The molecule has 1 aromatic carbocycles. The predicted molar refractivity (Wildman–Crippen MR) is 103 cm³/mol. The average molecular weight is 409 g/mol. The number of carboxylic acids is 1. The smallest absolute Gasteiger partial charge is 0.417 e. The van der Waals surface area contributed by atoms with Crippen LogP contribution in [0.25, 0.3) is 22.4 Å². The van der Waals surface area contributed by atoms with Gasteiger partial charge in [-0.1, -0.05) is 49.4 Å². The molecule has 0 radical (unpaired) electrons. The van der Waals surface area contributed by atoms with Crippen molar-refractivity contribution in [3.8, 4) is 22.4 Å². The molecule has 1 atom stereocenters. The van der Waals surface area contributed by atoms with E-state index in [0.29, 0.717) is 12.0 Å². The molecule has 1 unspecified atom stereocenters. The van der Waals surface area contributed by atoms with E-state index in [9.17, 15) is 18.0 Å². The number of thiol groups is 1. The van der Waals surface area contributed by atoms with Crippen molar-refractivity contribution in [2.45, 2.75) is 24.8 Å². The summed E-state index contributed by atoms with van der Waals surface area (Å²) in [7, 11) is 0. The summed E-state index contributed by atoms with van der Waals surface area (Å²) >= 11 is 3.73. The number of rotatable bonds is 3. The second kappa shape index (κ2) is 9.45. The monoisotopic (exact) mass is 409 g/mol. The van der Waals surface area contributed by atoms with Crippen molar-refractivity contribution >= 4 is 18.6 Å². The Bertz CT molecular complexity index is 897. The topological polar surface area (TPSA) is 63.3 Å². The van der Waals surface area contributed by atoms with E-state index in [2.05, 4.69) is 17.6 Å². The first-order chi connectivity index (χ1) is 13.2. The van der Waals surface area contributed by atoms with E-state index in [4.69, 9.17) is 9.52 Å². The third kappa shape index (κ3) is 5.63. The minimum Gasteiger partial charge on any atom is -0.480 e. The molecule has 2 aliphatic carbocycles.